The molecule has 1 aromatic carbocycles. The van der Waals surface area contributed by atoms with Gasteiger partial charge in [-0.25, -0.2) is 0 Å². The molecule has 0 radical (unpaired) electrons. The Labute approximate surface area is 103 Å². The van der Waals surface area contributed by atoms with Crippen LogP contribution in [0.4, 0.5) is 5.69 Å². The fraction of sp³-hybridized carbons (Fsp3) is 0.429. The van der Waals surface area contributed by atoms with Gasteiger partial charge in [-0.15, -0.1) is 0 Å². The highest BCUT2D eigenvalue weighted by molar-refractivity contribution is 5.84. The first-order valence-electron chi connectivity index (χ1n) is 6.23. The van der Waals surface area contributed by atoms with E-state index in [-0.39, 0.29) is 0 Å². The molecule has 3 heteroatoms. The molecule has 0 unspecified atom stereocenters. The lowest BCUT2D eigenvalue weighted by Crippen LogP contribution is -2.16. The van der Waals surface area contributed by atoms with Crippen molar-refractivity contribution in [3.63, 3.8) is 0 Å². The summed E-state index contributed by atoms with van der Waals surface area (Å²) in [6.07, 6.45) is 0. The van der Waals surface area contributed by atoms with Gasteiger partial charge in [0.2, 0.25) is 0 Å². The van der Waals surface area contributed by atoms with Crippen LogP contribution in [0.2, 0.25) is 0 Å². The Balaban J connectivity index is 2.54. The molecule has 2 aromatic rings. The van der Waals surface area contributed by atoms with Gasteiger partial charge < -0.3 is 15.6 Å². The van der Waals surface area contributed by atoms with Crippen molar-refractivity contribution < 1.29 is 0 Å². The molecule has 0 spiro atoms. The topological polar surface area (TPSA) is 43.0 Å². The number of rotatable bonds is 4. The number of benzene rings is 1. The zero-order valence-corrected chi connectivity index (χ0v) is 10.8. The van der Waals surface area contributed by atoms with Gasteiger partial charge in [-0.05, 0) is 38.6 Å². The number of nitrogen functional groups attached to an aromatic ring is 1. The molecular weight excluding hydrogens is 210 g/mol. The lowest BCUT2D eigenvalue weighted by molar-refractivity contribution is 0.572. The number of fused-ring (bicyclic) bond motifs is 1. The molecule has 0 saturated heterocycles. The second-order valence-electron chi connectivity index (χ2n) is 4.70. The van der Waals surface area contributed by atoms with Gasteiger partial charge in [-0.3, -0.25) is 0 Å². The Hall–Kier alpha value is -1.48. The first kappa shape index (κ1) is 12.0. The molecule has 92 valence electrons. The average molecular weight is 231 g/mol. The SMILES string of the molecule is CCNCc1cc2ccc(N)cc2n1C(C)C. The van der Waals surface area contributed by atoms with Gasteiger partial charge in [0.15, 0.2) is 0 Å². The Morgan fingerprint density at radius 3 is 2.71 bits per heavy atom. The Kier molecular flexibility index (Phi) is 3.38. The largest absolute Gasteiger partial charge is 0.399 e. The smallest absolute Gasteiger partial charge is 0.0506 e. The van der Waals surface area contributed by atoms with Crippen molar-refractivity contribution in [2.45, 2.75) is 33.4 Å². The summed E-state index contributed by atoms with van der Waals surface area (Å²) in [5.74, 6) is 0. The van der Waals surface area contributed by atoms with E-state index >= 15 is 0 Å². The van der Waals surface area contributed by atoms with Crippen LogP contribution in [0.5, 0.6) is 0 Å². The normalized spacial score (nSPS) is 11.5. The summed E-state index contributed by atoms with van der Waals surface area (Å²) >= 11 is 0. The fourth-order valence-corrected chi connectivity index (χ4v) is 2.29. The second kappa shape index (κ2) is 4.80. The number of nitrogens with zero attached hydrogens (tertiary/aromatic N) is 1. The maximum atomic E-state index is 5.87. The zero-order valence-electron chi connectivity index (χ0n) is 10.8. The molecule has 17 heavy (non-hydrogen) atoms. The first-order valence-corrected chi connectivity index (χ1v) is 6.23. The number of hydrogen-bond donors (Lipinski definition) is 2. The number of aromatic nitrogens is 1. The van der Waals surface area contributed by atoms with Crippen LogP contribution in [-0.4, -0.2) is 11.1 Å². The third-order valence-electron chi connectivity index (χ3n) is 3.02. The van der Waals surface area contributed by atoms with E-state index in [2.05, 4.69) is 48.9 Å². The second-order valence-corrected chi connectivity index (χ2v) is 4.70. The molecule has 0 aliphatic heterocycles. The highest BCUT2D eigenvalue weighted by atomic mass is 15.0. The number of nitrogens with one attached hydrogen (secondary N) is 1. The van der Waals surface area contributed by atoms with E-state index in [4.69, 9.17) is 5.73 Å². The third kappa shape index (κ3) is 2.29. The summed E-state index contributed by atoms with van der Waals surface area (Å²) < 4.78 is 2.36. The van der Waals surface area contributed by atoms with Gasteiger partial charge in [0.05, 0.1) is 5.52 Å². The van der Waals surface area contributed by atoms with E-state index in [1.54, 1.807) is 0 Å². The predicted octanol–water partition coefficient (Wildman–Crippen LogP) is 2.91. The molecule has 2 rings (SSSR count). The number of nitrogens with two attached hydrogens (primary N) is 1. The summed E-state index contributed by atoms with van der Waals surface area (Å²) in [6.45, 7) is 8.43. The Morgan fingerprint density at radius 1 is 1.29 bits per heavy atom. The third-order valence-corrected chi connectivity index (χ3v) is 3.02. The molecule has 0 aliphatic rings. The molecule has 0 bridgehead atoms. The molecular formula is C14H21N3. The molecule has 1 heterocycles. The van der Waals surface area contributed by atoms with Crippen molar-refractivity contribution in [2.24, 2.45) is 0 Å². The van der Waals surface area contributed by atoms with Crippen LogP contribution in [0.3, 0.4) is 0 Å². The van der Waals surface area contributed by atoms with Crippen LogP contribution in [-0.2, 0) is 6.54 Å². The number of hydrogen-bond acceptors (Lipinski definition) is 2. The maximum Gasteiger partial charge on any atom is 0.0506 e. The van der Waals surface area contributed by atoms with E-state index in [0.717, 1.165) is 18.8 Å². The van der Waals surface area contributed by atoms with Crippen molar-refractivity contribution in [3.05, 3.63) is 30.0 Å². The van der Waals surface area contributed by atoms with Crippen molar-refractivity contribution in [1.29, 1.82) is 0 Å². The highest BCUT2D eigenvalue weighted by Gasteiger charge is 2.10. The average Bonchev–Trinajstić information content (AvgIpc) is 2.63. The molecule has 3 N–H and O–H groups in total. The van der Waals surface area contributed by atoms with E-state index < -0.39 is 0 Å². The van der Waals surface area contributed by atoms with Crippen LogP contribution in [0, 0.1) is 0 Å². The molecule has 0 amide bonds. The minimum absolute atomic E-state index is 0.447. The molecule has 1 aromatic heterocycles. The minimum atomic E-state index is 0.447. The lowest BCUT2D eigenvalue weighted by Gasteiger charge is -2.15. The molecule has 0 fully saturated rings. The van der Waals surface area contributed by atoms with E-state index in [1.807, 2.05) is 6.07 Å². The molecule has 0 atom stereocenters. The first-order chi connectivity index (χ1) is 8.13. The summed E-state index contributed by atoms with van der Waals surface area (Å²) in [6, 6.07) is 8.81. The van der Waals surface area contributed by atoms with E-state index in [0.29, 0.717) is 6.04 Å². The van der Waals surface area contributed by atoms with Gasteiger partial charge in [0.25, 0.3) is 0 Å². The van der Waals surface area contributed by atoms with Gasteiger partial charge in [0, 0.05) is 29.4 Å². The van der Waals surface area contributed by atoms with Crippen molar-refractivity contribution >= 4 is 16.6 Å². The molecule has 3 nitrogen and oxygen atoms in total. The van der Waals surface area contributed by atoms with Crippen LogP contribution in [0.15, 0.2) is 24.3 Å². The fourth-order valence-electron chi connectivity index (χ4n) is 2.29. The van der Waals surface area contributed by atoms with Crippen LogP contribution < -0.4 is 11.1 Å². The van der Waals surface area contributed by atoms with Crippen molar-refractivity contribution in [2.75, 3.05) is 12.3 Å². The van der Waals surface area contributed by atoms with Crippen LogP contribution in [0.1, 0.15) is 32.5 Å². The van der Waals surface area contributed by atoms with Crippen molar-refractivity contribution in [1.82, 2.24) is 9.88 Å². The van der Waals surface area contributed by atoms with E-state index in [1.165, 1.54) is 16.6 Å². The number of anilines is 1. The molecule has 0 aliphatic carbocycles. The summed E-state index contributed by atoms with van der Waals surface area (Å²) in [4.78, 5) is 0. The molecule has 0 saturated carbocycles. The van der Waals surface area contributed by atoms with Gasteiger partial charge >= 0.3 is 0 Å². The van der Waals surface area contributed by atoms with Gasteiger partial charge in [-0.1, -0.05) is 13.0 Å². The van der Waals surface area contributed by atoms with Crippen LogP contribution in [0.25, 0.3) is 10.9 Å². The Bertz CT molecular complexity index is 511. The van der Waals surface area contributed by atoms with Crippen molar-refractivity contribution in [3.8, 4) is 0 Å². The highest BCUT2D eigenvalue weighted by Crippen LogP contribution is 2.25. The summed E-state index contributed by atoms with van der Waals surface area (Å²) in [5.41, 5.74) is 9.25. The quantitative estimate of drug-likeness (QED) is 0.795. The zero-order chi connectivity index (χ0) is 12.4. The monoisotopic (exact) mass is 231 g/mol. The minimum Gasteiger partial charge on any atom is -0.399 e. The standard InChI is InChI=1S/C14H21N3/c1-4-16-9-13-7-11-5-6-12(15)8-14(11)17(13)10(2)3/h5-8,10,16H,4,9,15H2,1-3H3. The summed E-state index contributed by atoms with van der Waals surface area (Å²) in [7, 11) is 0. The van der Waals surface area contributed by atoms with Crippen LogP contribution >= 0.6 is 0 Å². The lowest BCUT2D eigenvalue weighted by atomic mass is 10.2. The van der Waals surface area contributed by atoms with E-state index in [9.17, 15) is 0 Å². The Morgan fingerprint density at radius 2 is 2.06 bits per heavy atom. The summed E-state index contributed by atoms with van der Waals surface area (Å²) in [5, 5.41) is 4.65. The maximum absolute atomic E-state index is 5.87. The van der Waals surface area contributed by atoms with Gasteiger partial charge in [-0.2, -0.15) is 0 Å². The van der Waals surface area contributed by atoms with Gasteiger partial charge in [0.1, 0.15) is 0 Å². The predicted molar refractivity (Wildman–Crippen MR) is 74.1 cm³/mol.